The Morgan fingerprint density at radius 3 is 2.45 bits per heavy atom. The average Bonchev–Trinajstić information content (AvgIpc) is 2.88. The molecule has 4 nitrogen and oxygen atoms in total. The van der Waals surface area contributed by atoms with Crippen molar-refractivity contribution < 1.29 is 13.2 Å². The van der Waals surface area contributed by atoms with Gasteiger partial charge < -0.3 is 4.90 Å². The number of hydrogen-bond donors (Lipinski definition) is 0. The van der Waals surface area contributed by atoms with Crippen molar-refractivity contribution in [2.45, 2.75) is 30.4 Å². The van der Waals surface area contributed by atoms with E-state index in [1.165, 1.54) is 12.1 Å². The Morgan fingerprint density at radius 2 is 1.90 bits per heavy atom. The molecule has 110 valence electrons. The molecule has 2 rings (SSSR count). The summed E-state index contributed by atoms with van der Waals surface area (Å²) in [7, 11) is -3.40. The first-order valence-corrected chi connectivity index (χ1v) is 8.53. The van der Waals surface area contributed by atoms with Gasteiger partial charge in [-0.3, -0.25) is 4.79 Å². The fourth-order valence-electron chi connectivity index (χ4n) is 2.36. The molecule has 1 atom stereocenters. The van der Waals surface area contributed by atoms with Gasteiger partial charge in [-0.15, -0.1) is 0 Å². The van der Waals surface area contributed by atoms with Crippen LogP contribution in [0.25, 0.3) is 0 Å². The minimum atomic E-state index is -3.40. The summed E-state index contributed by atoms with van der Waals surface area (Å²) in [6.07, 6.45) is 0.490. The van der Waals surface area contributed by atoms with Crippen LogP contribution >= 0.6 is 11.6 Å². The Morgan fingerprint density at radius 1 is 1.30 bits per heavy atom. The zero-order valence-corrected chi connectivity index (χ0v) is 13.1. The maximum atomic E-state index is 12.5. The highest BCUT2D eigenvalue weighted by molar-refractivity contribution is 7.92. The molecule has 1 unspecified atom stereocenters. The van der Waals surface area contributed by atoms with Gasteiger partial charge in [-0.25, -0.2) is 8.42 Å². The summed E-state index contributed by atoms with van der Waals surface area (Å²) < 4.78 is 25.0. The van der Waals surface area contributed by atoms with Crippen LogP contribution in [-0.2, 0) is 14.6 Å². The Labute approximate surface area is 124 Å². The van der Waals surface area contributed by atoms with Gasteiger partial charge in [0.25, 0.3) is 0 Å². The van der Waals surface area contributed by atoms with Gasteiger partial charge in [0.15, 0.2) is 9.84 Å². The number of halogens is 1. The van der Waals surface area contributed by atoms with Crippen LogP contribution in [0, 0.1) is 5.92 Å². The van der Waals surface area contributed by atoms with Gasteiger partial charge in [0.05, 0.1) is 10.1 Å². The molecule has 0 radical (unpaired) electrons. The Hall–Kier alpha value is -1.07. The molecule has 0 spiro atoms. The molecule has 0 N–H and O–H groups in total. The van der Waals surface area contributed by atoms with Crippen molar-refractivity contribution >= 4 is 27.3 Å². The van der Waals surface area contributed by atoms with Gasteiger partial charge >= 0.3 is 0 Å². The molecule has 0 aromatic heterocycles. The quantitative estimate of drug-likeness (QED) is 0.860. The third-order valence-corrected chi connectivity index (χ3v) is 5.98. The molecule has 1 aromatic carbocycles. The Kier molecular flexibility index (Phi) is 4.39. The number of hydrogen-bond acceptors (Lipinski definition) is 3. The maximum Gasteiger partial charge on any atom is 0.225 e. The number of carbonyl (C=O) groups excluding carboxylic acids is 1. The first-order chi connectivity index (χ1) is 9.32. The second kappa shape index (κ2) is 5.74. The van der Waals surface area contributed by atoms with E-state index in [-0.39, 0.29) is 23.3 Å². The molecule has 0 bridgehead atoms. The van der Waals surface area contributed by atoms with E-state index in [4.69, 9.17) is 11.6 Å². The van der Waals surface area contributed by atoms with Crippen LogP contribution in [0.5, 0.6) is 0 Å². The lowest BCUT2D eigenvalue weighted by Crippen LogP contribution is -2.34. The minimum Gasteiger partial charge on any atom is -0.341 e. The predicted molar refractivity (Wildman–Crippen MR) is 78.5 cm³/mol. The third kappa shape index (κ3) is 2.99. The highest BCUT2D eigenvalue weighted by Gasteiger charge is 2.36. The molecule has 1 amide bonds. The summed E-state index contributed by atoms with van der Waals surface area (Å²) in [5.74, 6) is -0.0919. The molecular formula is C14H18ClNO3S. The molecule has 1 aliphatic heterocycles. The van der Waals surface area contributed by atoms with Gasteiger partial charge in [-0.05, 0) is 30.7 Å². The number of benzene rings is 1. The highest BCUT2D eigenvalue weighted by atomic mass is 35.5. The van der Waals surface area contributed by atoms with Crippen molar-refractivity contribution in [2.24, 2.45) is 5.92 Å². The lowest BCUT2D eigenvalue weighted by atomic mass is 10.2. The van der Waals surface area contributed by atoms with Crippen molar-refractivity contribution in [3.63, 3.8) is 0 Å². The summed E-state index contributed by atoms with van der Waals surface area (Å²) in [5, 5.41) is -0.0154. The lowest BCUT2D eigenvalue weighted by Gasteiger charge is -2.18. The van der Waals surface area contributed by atoms with Crippen LogP contribution in [0.1, 0.15) is 20.3 Å². The second-order valence-electron chi connectivity index (χ2n) is 5.35. The van der Waals surface area contributed by atoms with Crippen LogP contribution in [0.3, 0.4) is 0 Å². The fourth-order valence-corrected chi connectivity index (χ4v) is 4.18. The van der Waals surface area contributed by atoms with Crippen LogP contribution in [0.15, 0.2) is 29.2 Å². The number of likely N-dealkylation sites (tertiary alicyclic amines) is 1. The van der Waals surface area contributed by atoms with Gasteiger partial charge in [-0.1, -0.05) is 25.4 Å². The Bertz CT molecular complexity index is 595. The van der Waals surface area contributed by atoms with E-state index in [0.29, 0.717) is 18.0 Å². The van der Waals surface area contributed by atoms with Gasteiger partial charge in [-0.2, -0.15) is 0 Å². The molecule has 6 heteroatoms. The van der Waals surface area contributed by atoms with Gasteiger partial charge in [0.1, 0.15) is 0 Å². The first-order valence-electron chi connectivity index (χ1n) is 6.60. The molecule has 0 saturated carbocycles. The van der Waals surface area contributed by atoms with E-state index in [2.05, 4.69) is 0 Å². The molecule has 1 heterocycles. The lowest BCUT2D eigenvalue weighted by molar-refractivity contribution is -0.133. The van der Waals surface area contributed by atoms with Crippen molar-refractivity contribution in [3.8, 4) is 0 Å². The van der Waals surface area contributed by atoms with E-state index in [1.54, 1.807) is 17.0 Å². The fraction of sp³-hybridized carbons (Fsp3) is 0.500. The number of nitrogens with zero attached hydrogens (tertiary/aromatic N) is 1. The summed E-state index contributed by atoms with van der Waals surface area (Å²) >= 11 is 5.77. The van der Waals surface area contributed by atoms with Crippen LogP contribution in [0.4, 0.5) is 0 Å². The minimum absolute atomic E-state index is 0.0128. The van der Waals surface area contributed by atoms with E-state index in [9.17, 15) is 13.2 Å². The largest absolute Gasteiger partial charge is 0.341 e. The first kappa shape index (κ1) is 15.3. The second-order valence-corrected chi connectivity index (χ2v) is 8.01. The SMILES string of the molecule is CC(C)C(=O)N1CCC(S(=O)(=O)c2ccc(Cl)cc2)C1. The molecule has 1 aromatic rings. The molecule has 0 aliphatic carbocycles. The van der Waals surface area contributed by atoms with Crippen LogP contribution in [-0.4, -0.2) is 37.6 Å². The van der Waals surface area contributed by atoms with E-state index < -0.39 is 15.1 Å². The molecule has 1 aliphatic rings. The van der Waals surface area contributed by atoms with Gasteiger partial charge in [0, 0.05) is 24.0 Å². The Balaban J connectivity index is 2.16. The van der Waals surface area contributed by atoms with E-state index in [0.717, 1.165) is 0 Å². The van der Waals surface area contributed by atoms with E-state index >= 15 is 0 Å². The monoisotopic (exact) mass is 315 g/mol. The number of rotatable bonds is 3. The number of amides is 1. The smallest absolute Gasteiger partial charge is 0.225 e. The summed E-state index contributed by atoms with van der Waals surface area (Å²) in [6, 6.07) is 6.18. The zero-order valence-electron chi connectivity index (χ0n) is 11.5. The highest BCUT2D eigenvalue weighted by Crippen LogP contribution is 2.25. The maximum absolute atomic E-state index is 12.5. The molecule has 1 saturated heterocycles. The molecular weight excluding hydrogens is 298 g/mol. The van der Waals surface area contributed by atoms with Crippen molar-refractivity contribution in [3.05, 3.63) is 29.3 Å². The number of sulfone groups is 1. The van der Waals surface area contributed by atoms with Crippen molar-refractivity contribution in [2.75, 3.05) is 13.1 Å². The number of carbonyl (C=O) groups is 1. The average molecular weight is 316 g/mol. The third-order valence-electron chi connectivity index (χ3n) is 3.53. The summed E-state index contributed by atoms with van der Waals surface area (Å²) in [4.78, 5) is 13.8. The summed E-state index contributed by atoms with van der Waals surface area (Å²) in [6.45, 7) is 4.43. The van der Waals surface area contributed by atoms with Crippen molar-refractivity contribution in [1.29, 1.82) is 0 Å². The zero-order chi connectivity index (χ0) is 14.9. The normalized spacial score (nSPS) is 19.6. The summed E-state index contributed by atoms with van der Waals surface area (Å²) in [5.41, 5.74) is 0. The van der Waals surface area contributed by atoms with Crippen LogP contribution in [0.2, 0.25) is 5.02 Å². The van der Waals surface area contributed by atoms with Crippen LogP contribution < -0.4 is 0 Å². The van der Waals surface area contributed by atoms with Crippen molar-refractivity contribution in [1.82, 2.24) is 4.90 Å². The molecule has 20 heavy (non-hydrogen) atoms. The predicted octanol–water partition coefficient (Wildman–Crippen LogP) is 2.37. The topological polar surface area (TPSA) is 54.5 Å². The van der Waals surface area contributed by atoms with Gasteiger partial charge in [0.2, 0.25) is 5.91 Å². The molecule has 1 fully saturated rings. The van der Waals surface area contributed by atoms with E-state index in [1.807, 2.05) is 13.8 Å². The standard InChI is InChI=1S/C14H18ClNO3S/c1-10(2)14(17)16-8-7-13(9-16)20(18,19)12-5-3-11(15)4-6-12/h3-6,10,13H,7-9H2,1-2H3.